The minimum Gasteiger partial charge on any atom is -0.456 e. The van der Waals surface area contributed by atoms with E-state index < -0.39 is 0 Å². The van der Waals surface area contributed by atoms with E-state index in [1.807, 2.05) is 30.6 Å². The molecular formula is C33H21N3O. The van der Waals surface area contributed by atoms with Crippen molar-refractivity contribution in [2.75, 3.05) is 0 Å². The SMILES string of the molecule is c1ccc(-c2nccn2-c2ccc3oc4ccc(-c5cccc6c5[nH]c5ccccc56)cc4c3c2)cc1. The Morgan fingerprint density at radius 3 is 2.32 bits per heavy atom. The van der Waals surface area contributed by atoms with Crippen molar-refractivity contribution in [1.29, 1.82) is 0 Å². The third kappa shape index (κ3) is 3.06. The molecule has 8 aromatic rings. The van der Waals surface area contributed by atoms with E-state index >= 15 is 0 Å². The minimum atomic E-state index is 0.876. The summed E-state index contributed by atoms with van der Waals surface area (Å²) in [6.45, 7) is 0. The van der Waals surface area contributed by atoms with E-state index in [0.717, 1.165) is 55.6 Å². The Balaban J connectivity index is 1.31. The summed E-state index contributed by atoms with van der Waals surface area (Å²) in [5.74, 6) is 0.916. The van der Waals surface area contributed by atoms with E-state index in [2.05, 4.69) is 106 Å². The van der Waals surface area contributed by atoms with Gasteiger partial charge >= 0.3 is 0 Å². The number of para-hydroxylation sites is 2. The van der Waals surface area contributed by atoms with Crippen LogP contribution in [0.1, 0.15) is 0 Å². The molecule has 0 aliphatic rings. The van der Waals surface area contributed by atoms with Crippen molar-refractivity contribution in [3.05, 3.63) is 122 Å². The van der Waals surface area contributed by atoms with Gasteiger partial charge in [-0.2, -0.15) is 0 Å². The third-order valence-corrected chi connectivity index (χ3v) is 7.26. The summed E-state index contributed by atoms with van der Waals surface area (Å²) < 4.78 is 8.36. The highest BCUT2D eigenvalue weighted by molar-refractivity contribution is 6.13. The van der Waals surface area contributed by atoms with Gasteiger partial charge in [0.25, 0.3) is 0 Å². The Morgan fingerprint density at radius 2 is 1.41 bits per heavy atom. The van der Waals surface area contributed by atoms with Gasteiger partial charge in [-0.15, -0.1) is 0 Å². The summed E-state index contributed by atoms with van der Waals surface area (Å²) in [7, 11) is 0. The van der Waals surface area contributed by atoms with Gasteiger partial charge in [0.15, 0.2) is 0 Å². The van der Waals surface area contributed by atoms with Gasteiger partial charge in [-0.25, -0.2) is 4.98 Å². The fraction of sp³-hybridized carbons (Fsp3) is 0. The molecule has 0 fully saturated rings. The first-order chi connectivity index (χ1) is 18.3. The summed E-state index contributed by atoms with van der Waals surface area (Å²) in [6.07, 6.45) is 3.85. The number of aromatic amines is 1. The maximum Gasteiger partial charge on any atom is 0.144 e. The Bertz CT molecular complexity index is 2090. The maximum atomic E-state index is 6.23. The number of hydrogen-bond acceptors (Lipinski definition) is 2. The molecule has 3 heterocycles. The van der Waals surface area contributed by atoms with Gasteiger partial charge < -0.3 is 9.40 Å². The molecule has 3 aromatic heterocycles. The van der Waals surface area contributed by atoms with Crippen LogP contribution in [0, 0.1) is 0 Å². The Hall–Kier alpha value is -5.09. The lowest BCUT2D eigenvalue weighted by Crippen LogP contribution is -1.95. The minimum absolute atomic E-state index is 0.876. The number of hydrogen-bond donors (Lipinski definition) is 1. The molecule has 0 aliphatic heterocycles. The smallest absolute Gasteiger partial charge is 0.144 e. The summed E-state index contributed by atoms with van der Waals surface area (Å²) in [4.78, 5) is 8.27. The fourth-order valence-corrected chi connectivity index (χ4v) is 5.51. The van der Waals surface area contributed by atoms with Crippen LogP contribution in [-0.2, 0) is 0 Å². The van der Waals surface area contributed by atoms with Crippen molar-refractivity contribution in [3.63, 3.8) is 0 Å². The zero-order chi connectivity index (χ0) is 24.3. The quantitative estimate of drug-likeness (QED) is 0.278. The number of benzene rings is 5. The van der Waals surface area contributed by atoms with Crippen molar-refractivity contribution in [1.82, 2.24) is 14.5 Å². The van der Waals surface area contributed by atoms with Crippen LogP contribution in [-0.4, -0.2) is 14.5 Å². The normalized spacial score (nSPS) is 11.8. The molecule has 174 valence electrons. The Morgan fingerprint density at radius 1 is 0.622 bits per heavy atom. The van der Waals surface area contributed by atoms with Crippen molar-refractivity contribution in [3.8, 4) is 28.2 Å². The van der Waals surface area contributed by atoms with E-state index in [1.54, 1.807) is 0 Å². The molecule has 0 saturated carbocycles. The van der Waals surface area contributed by atoms with Crippen molar-refractivity contribution in [2.45, 2.75) is 0 Å². The topological polar surface area (TPSA) is 46.8 Å². The Kier molecular flexibility index (Phi) is 4.19. The zero-order valence-corrected chi connectivity index (χ0v) is 19.8. The second-order valence-corrected chi connectivity index (χ2v) is 9.38. The maximum absolute atomic E-state index is 6.23. The van der Waals surface area contributed by atoms with Gasteiger partial charge in [0.05, 0.1) is 5.52 Å². The predicted molar refractivity (Wildman–Crippen MR) is 151 cm³/mol. The molecule has 0 saturated heterocycles. The highest BCUT2D eigenvalue weighted by Crippen LogP contribution is 2.37. The molecule has 1 N–H and O–H groups in total. The second kappa shape index (κ2) is 7.70. The van der Waals surface area contributed by atoms with E-state index in [4.69, 9.17) is 4.42 Å². The monoisotopic (exact) mass is 475 g/mol. The van der Waals surface area contributed by atoms with Gasteiger partial charge in [0.2, 0.25) is 0 Å². The molecule has 0 aliphatic carbocycles. The van der Waals surface area contributed by atoms with E-state index in [0.29, 0.717) is 0 Å². The van der Waals surface area contributed by atoms with E-state index in [-0.39, 0.29) is 0 Å². The van der Waals surface area contributed by atoms with Crippen LogP contribution in [0.5, 0.6) is 0 Å². The third-order valence-electron chi connectivity index (χ3n) is 7.26. The number of furan rings is 1. The number of nitrogens with zero attached hydrogens (tertiary/aromatic N) is 2. The van der Waals surface area contributed by atoms with Crippen LogP contribution in [0.2, 0.25) is 0 Å². The van der Waals surface area contributed by atoms with Gasteiger partial charge in [-0.05, 0) is 42.0 Å². The molecule has 0 unspecified atom stereocenters. The summed E-state index contributed by atoms with van der Waals surface area (Å²) >= 11 is 0. The summed E-state index contributed by atoms with van der Waals surface area (Å²) in [5.41, 5.74) is 8.54. The van der Waals surface area contributed by atoms with Crippen molar-refractivity contribution < 1.29 is 4.42 Å². The number of H-pyrrole nitrogens is 1. The number of imidazole rings is 1. The molecule has 0 spiro atoms. The lowest BCUT2D eigenvalue weighted by molar-refractivity contribution is 0.669. The molecular weight excluding hydrogens is 454 g/mol. The number of nitrogens with one attached hydrogen (secondary N) is 1. The highest BCUT2D eigenvalue weighted by atomic mass is 16.3. The first-order valence-electron chi connectivity index (χ1n) is 12.4. The highest BCUT2D eigenvalue weighted by Gasteiger charge is 2.14. The predicted octanol–water partition coefficient (Wildman–Crippen LogP) is 8.74. The van der Waals surface area contributed by atoms with Gasteiger partial charge in [-0.3, -0.25) is 4.57 Å². The molecule has 4 heteroatoms. The summed E-state index contributed by atoms with van der Waals surface area (Å²) in [5, 5.41) is 4.67. The fourth-order valence-electron chi connectivity index (χ4n) is 5.51. The summed E-state index contributed by atoms with van der Waals surface area (Å²) in [6, 6.07) is 38.1. The molecule has 0 atom stereocenters. The van der Waals surface area contributed by atoms with Gasteiger partial charge in [0.1, 0.15) is 17.0 Å². The van der Waals surface area contributed by atoms with Crippen LogP contribution in [0.4, 0.5) is 0 Å². The largest absolute Gasteiger partial charge is 0.456 e. The number of aromatic nitrogens is 3. The van der Waals surface area contributed by atoms with Crippen LogP contribution < -0.4 is 0 Å². The standard InChI is InChI=1S/C33H21N3O/c1-2-7-21(8-3-1)33-34-17-18-36(33)23-14-16-31-28(20-23)27-19-22(13-15-30(27)37-31)24-10-6-11-26-25-9-4-5-12-29(25)35-32(24)26/h1-20,35H. The molecule has 0 radical (unpaired) electrons. The van der Waals surface area contributed by atoms with Crippen LogP contribution in [0.3, 0.4) is 0 Å². The lowest BCUT2D eigenvalue weighted by Gasteiger charge is -2.08. The first-order valence-corrected chi connectivity index (χ1v) is 12.4. The lowest BCUT2D eigenvalue weighted by atomic mass is 10.00. The second-order valence-electron chi connectivity index (χ2n) is 9.38. The molecule has 4 nitrogen and oxygen atoms in total. The van der Waals surface area contributed by atoms with Gasteiger partial charge in [0, 0.05) is 56.3 Å². The molecule has 8 rings (SSSR count). The van der Waals surface area contributed by atoms with Crippen LogP contribution in [0.15, 0.2) is 126 Å². The van der Waals surface area contributed by atoms with Crippen LogP contribution >= 0.6 is 0 Å². The average molecular weight is 476 g/mol. The first kappa shape index (κ1) is 20.1. The Labute approximate surface area is 212 Å². The zero-order valence-electron chi connectivity index (χ0n) is 19.8. The van der Waals surface area contributed by atoms with Crippen molar-refractivity contribution in [2.24, 2.45) is 0 Å². The molecule has 37 heavy (non-hydrogen) atoms. The molecule has 5 aromatic carbocycles. The average Bonchev–Trinajstić information content (AvgIpc) is 3.68. The number of fused-ring (bicyclic) bond motifs is 6. The molecule has 0 bridgehead atoms. The van der Waals surface area contributed by atoms with E-state index in [9.17, 15) is 0 Å². The molecule has 0 amide bonds. The van der Waals surface area contributed by atoms with Gasteiger partial charge in [-0.1, -0.05) is 72.8 Å². The van der Waals surface area contributed by atoms with Crippen molar-refractivity contribution >= 4 is 43.7 Å². The van der Waals surface area contributed by atoms with Crippen LogP contribution in [0.25, 0.3) is 71.9 Å². The van der Waals surface area contributed by atoms with E-state index in [1.165, 1.54) is 16.3 Å². The number of rotatable bonds is 3.